The summed E-state index contributed by atoms with van der Waals surface area (Å²) in [5, 5.41) is 4.85. The molecule has 3 heteroatoms. The summed E-state index contributed by atoms with van der Waals surface area (Å²) in [6.45, 7) is 0. The van der Waals surface area contributed by atoms with Gasteiger partial charge in [-0.15, -0.1) is 0 Å². The molecule has 0 aliphatic heterocycles. The summed E-state index contributed by atoms with van der Waals surface area (Å²) in [4.78, 5) is 14.9. The maximum absolute atomic E-state index is 5.34. The lowest BCUT2D eigenvalue weighted by molar-refractivity contribution is 1.18. The van der Waals surface area contributed by atoms with Crippen molar-refractivity contribution in [2.75, 3.05) is 0 Å². The standard InChI is InChI=1S/C53H35N3/c1-2-11-36(12-3-1)37-22-26-41(27-23-37)51-34-52(56-53(55-51)42-28-24-38(25-29-42)43-17-10-30-54-35-43)46-32-44(49-20-8-15-39-13-4-6-18-47(39)49)31-45(33-46)50-21-9-16-40-14-5-7-19-48(40)50/h1-35H. The Bertz CT molecular complexity index is 2780. The number of hydrogen-bond donors (Lipinski definition) is 0. The quantitative estimate of drug-likeness (QED) is 0.165. The minimum absolute atomic E-state index is 0.671. The average molecular weight is 714 g/mol. The zero-order valence-electron chi connectivity index (χ0n) is 30.5. The summed E-state index contributed by atoms with van der Waals surface area (Å²) >= 11 is 0. The Morgan fingerprint density at radius 3 is 1.36 bits per heavy atom. The molecule has 0 spiro atoms. The number of pyridine rings is 1. The normalized spacial score (nSPS) is 11.2. The summed E-state index contributed by atoms with van der Waals surface area (Å²) < 4.78 is 0. The van der Waals surface area contributed by atoms with E-state index in [-0.39, 0.29) is 0 Å². The molecule has 0 amide bonds. The molecule has 0 saturated carbocycles. The van der Waals surface area contributed by atoms with Gasteiger partial charge in [-0.2, -0.15) is 0 Å². The van der Waals surface area contributed by atoms with Crippen LogP contribution in [0, 0.1) is 0 Å². The number of fused-ring (bicyclic) bond motifs is 2. The maximum atomic E-state index is 5.34. The molecule has 262 valence electrons. The Kier molecular flexibility index (Phi) is 8.51. The third-order valence-electron chi connectivity index (χ3n) is 10.6. The van der Waals surface area contributed by atoms with Crippen LogP contribution in [0.3, 0.4) is 0 Å². The van der Waals surface area contributed by atoms with Crippen LogP contribution in [0.2, 0.25) is 0 Å². The van der Waals surface area contributed by atoms with Gasteiger partial charge >= 0.3 is 0 Å². The lowest BCUT2D eigenvalue weighted by atomic mass is 9.90. The molecule has 0 bridgehead atoms. The molecular formula is C53H35N3. The highest BCUT2D eigenvalue weighted by atomic mass is 14.9. The molecule has 8 aromatic carbocycles. The molecule has 10 rings (SSSR count). The highest BCUT2D eigenvalue weighted by Crippen LogP contribution is 2.39. The van der Waals surface area contributed by atoms with Gasteiger partial charge in [0.1, 0.15) is 0 Å². The van der Waals surface area contributed by atoms with Gasteiger partial charge in [-0.3, -0.25) is 4.98 Å². The van der Waals surface area contributed by atoms with Crippen molar-refractivity contribution in [2.24, 2.45) is 0 Å². The topological polar surface area (TPSA) is 38.7 Å². The van der Waals surface area contributed by atoms with E-state index in [4.69, 9.17) is 9.97 Å². The van der Waals surface area contributed by atoms with Crippen LogP contribution in [0.5, 0.6) is 0 Å². The zero-order valence-corrected chi connectivity index (χ0v) is 30.5. The Hall–Kier alpha value is -7.49. The lowest BCUT2D eigenvalue weighted by Crippen LogP contribution is -1.97. The summed E-state index contributed by atoms with van der Waals surface area (Å²) in [6, 6.07) is 71.0. The van der Waals surface area contributed by atoms with E-state index in [9.17, 15) is 0 Å². The molecule has 2 aromatic heterocycles. The monoisotopic (exact) mass is 713 g/mol. The Morgan fingerprint density at radius 1 is 0.286 bits per heavy atom. The fraction of sp³-hybridized carbons (Fsp3) is 0. The van der Waals surface area contributed by atoms with Gasteiger partial charge in [-0.05, 0) is 96.4 Å². The molecule has 0 unspecified atom stereocenters. The van der Waals surface area contributed by atoms with Gasteiger partial charge < -0.3 is 0 Å². The average Bonchev–Trinajstić information content (AvgIpc) is 3.29. The second kappa shape index (κ2) is 14.4. The van der Waals surface area contributed by atoms with Gasteiger partial charge in [0, 0.05) is 29.1 Å². The molecule has 0 aliphatic carbocycles. The van der Waals surface area contributed by atoms with Gasteiger partial charge in [0.2, 0.25) is 0 Å². The highest BCUT2D eigenvalue weighted by molar-refractivity contribution is 6.01. The largest absolute Gasteiger partial charge is 0.264 e. The molecule has 10 aromatic rings. The van der Waals surface area contributed by atoms with Crippen molar-refractivity contribution in [1.29, 1.82) is 0 Å². The summed E-state index contributed by atoms with van der Waals surface area (Å²) in [6.07, 6.45) is 3.69. The van der Waals surface area contributed by atoms with E-state index >= 15 is 0 Å². The van der Waals surface area contributed by atoms with E-state index in [1.807, 2.05) is 18.3 Å². The van der Waals surface area contributed by atoms with Crippen LogP contribution >= 0.6 is 0 Å². The fourth-order valence-corrected chi connectivity index (χ4v) is 7.72. The molecular weight excluding hydrogens is 679 g/mol. The van der Waals surface area contributed by atoms with Crippen molar-refractivity contribution < 1.29 is 0 Å². The fourth-order valence-electron chi connectivity index (χ4n) is 7.72. The highest BCUT2D eigenvalue weighted by Gasteiger charge is 2.16. The number of hydrogen-bond acceptors (Lipinski definition) is 3. The van der Waals surface area contributed by atoms with Crippen molar-refractivity contribution in [2.45, 2.75) is 0 Å². The van der Waals surface area contributed by atoms with Gasteiger partial charge in [0.15, 0.2) is 5.82 Å². The minimum atomic E-state index is 0.671. The van der Waals surface area contributed by atoms with Crippen molar-refractivity contribution in [3.8, 4) is 78.4 Å². The summed E-state index contributed by atoms with van der Waals surface area (Å²) in [5.41, 5.74) is 13.9. The van der Waals surface area contributed by atoms with Crippen LogP contribution in [-0.2, 0) is 0 Å². The first-order chi connectivity index (χ1) is 27.7. The van der Waals surface area contributed by atoms with Crippen molar-refractivity contribution >= 4 is 21.5 Å². The second-order valence-electron chi connectivity index (χ2n) is 14.1. The van der Waals surface area contributed by atoms with E-state index < -0.39 is 0 Å². The first kappa shape index (κ1) is 33.1. The van der Waals surface area contributed by atoms with Crippen molar-refractivity contribution in [3.05, 3.63) is 213 Å². The molecule has 0 fully saturated rings. The minimum Gasteiger partial charge on any atom is -0.264 e. The van der Waals surface area contributed by atoms with E-state index in [0.29, 0.717) is 5.82 Å². The van der Waals surface area contributed by atoms with Crippen LogP contribution < -0.4 is 0 Å². The summed E-state index contributed by atoms with van der Waals surface area (Å²) in [5.74, 6) is 0.671. The van der Waals surface area contributed by atoms with E-state index in [1.165, 1.54) is 38.2 Å². The van der Waals surface area contributed by atoms with Crippen molar-refractivity contribution in [1.82, 2.24) is 15.0 Å². The van der Waals surface area contributed by atoms with Gasteiger partial charge in [0.25, 0.3) is 0 Å². The molecule has 0 aliphatic rings. The van der Waals surface area contributed by atoms with Crippen LogP contribution in [0.4, 0.5) is 0 Å². The van der Waals surface area contributed by atoms with E-state index in [1.54, 1.807) is 6.20 Å². The zero-order chi connectivity index (χ0) is 37.3. The number of benzene rings is 8. The first-order valence-corrected chi connectivity index (χ1v) is 18.9. The Labute approximate surface area is 326 Å². The number of rotatable bonds is 7. The van der Waals surface area contributed by atoms with E-state index in [0.717, 1.165) is 55.9 Å². The van der Waals surface area contributed by atoms with E-state index in [2.05, 4.69) is 193 Å². The van der Waals surface area contributed by atoms with Gasteiger partial charge in [0.05, 0.1) is 11.4 Å². The SMILES string of the molecule is c1ccc(-c2ccc(-c3cc(-c4cc(-c5cccc6ccccc56)cc(-c5cccc6ccccc56)c4)nc(-c4ccc(-c5cccnc5)cc4)n3)cc2)cc1. The summed E-state index contributed by atoms with van der Waals surface area (Å²) in [7, 11) is 0. The predicted octanol–water partition coefficient (Wildman–Crippen LogP) is 13.8. The number of aromatic nitrogens is 3. The molecule has 3 nitrogen and oxygen atoms in total. The molecule has 0 radical (unpaired) electrons. The molecule has 0 saturated heterocycles. The third-order valence-corrected chi connectivity index (χ3v) is 10.6. The Morgan fingerprint density at radius 2 is 0.750 bits per heavy atom. The van der Waals surface area contributed by atoms with Gasteiger partial charge in [-0.25, -0.2) is 9.97 Å². The second-order valence-corrected chi connectivity index (χ2v) is 14.1. The third kappa shape index (κ3) is 6.42. The van der Waals surface area contributed by atoms with Crippen molar-refractivity contribution in [3.63, 3.8) is 0 Å². The Balaban J connectivity index is 1.18. The lowest BCUT2D eigenvalue weighted by Gasteiger charge is -2.15. The van der Waals surface area contributed by atoms with Gasteiger partial charge in [-0.1, -0.05) is 170 Å². The first-order valence-electron chi connectivity index (χ1n) is 18.9. The van der Waals surface area contributed by atoms with Crippen LogP contribution in [0.15, 0.2) is 213 Å². The molecule has 0 atom stereocenters. The number of nitrogens with zero attached hydrogens (tertiary/aromatic N) is 3. The van der Waals surface area contributed by atoms with Crippen LogP contribution in [0.1, 0.15) is 0 Å². The van der Waals surface area contributed by atoms with Crippen LogP contribution in [0.25, 0.3) is 100.0 Å². The van der Waals surface area contributed by atoms with Crippen LogP contribution in [-0.4, -0.2) is 15.0 Å². The maximum Gasteiger partial charge on any atom is 0.160 e. The smallest absolute Gasteiger partial charge is 0.160 e. The molecule has 56 heavy (non-hydrogen) atoms. The molecule has 2 heterocycles. The molecule has 0 N–H and O–H groups in total. The predicted molar refractivity (Wildman–Crippen MR) is 233 cm³/mol.